The topological polar surface area (TPSA) is 92.5 Å². The van der Waals surface area contributed by atoms with Crippen LogP contribution in [-0.4, -0.2) is 43.8 Å². The molecule has 0 unspecified atom stereocenters. The molecule has 1 saturated heterocycles. The fourth-order valence-electron chi connectivity index (χ4n) is 2.58. The van der Waals surface area contributed by atoms with Crippen molar-refractivity contribution in [3.63, 3.8) is 0 Å². The molecular weight excluding hydrogens is 347 g/mol. The van der Waals surface area contributed by atoms with Gasteiger partial charge in [0.2, 0.25) is 15.9 Å². The molecule has 6 nitrogen and oxygen atoms in total. The van der Waals surface area contributed by atoms with Gasteiger partial charge >= 0.3 is 6.18 Å². The Labute approximate surface area is 137 Å². The molecular formula is C14H18F3N3O3S. The molecule has 0 aromatic heterocycles. The van der Waals surface area contributed by atoms with Gasteiger partial charge in [-0.2, -0.15) is 17.5 Å². The van der Waals surface area contributed by atoms with Crippen molar-refractivity contribution in [2.45, 2.75) is 36.5 Å². The molecule has 2 atom stereocenters. The molecule has 1 heterocycles. The number of nitrogens with one attached hydrogen (secondary N) is 1. The number of hydrogen-bond acceptors (Lipinski definition) is 4. The van der Waals surface area contributed by atoms with E-state index in [0.717, 1.165) is 16.4 Å². The lowest BCUT2D eigenvalue weighted by Gasteiger charge is -2.23. The molecule has 0 aliphatic carbocycles. The van der Waals surface area contributed by atoms with Crippen LogP contribution in [0, 0.1) is 0 Å². The molecule has 1 aromatic rings. The third kappa shape index (κ3) is 3.70. The van der Waals surface area contributed by atoms with E-state index in [2.05, 4.69) is 5.32 Å². The van der Waals surface area contributed by atoms with E-state index in [1.54, 1.807) is 6.92 Å². The van der Waals surface area contributed by atoms with Crippen LogP contribution in [0.15, 0.2) is 29.2 Å². The van der Waals surface area contributed by atoms with Crippen LogP contribution < -0.4 is 11.1 Å². The Morgan fingerprint density at radius 2 is 1.92 bits per heavy atom. The van der Waals surface area contributed by atoms with Crippen LogP contribution in [0.1, 0.15) is 18.9 Å². The van der Waals surface area contributed by atoms with E-state index in [1.807, 2.05) is 0 Å². The Morgan fingerprint density at radius 1 is 1.33 bits per heavy atom. The van der Waals surface area contributed by atoms with E-state index in [-0.39, 0.29) is 17.9 Å². The number of sulfonamides is 1. The number of nitrogens with zero attached hydrogens (tertiary/aromatic N) is 1. The predicted molar refractivity (Wildman–Crippen MR) is 80.4 cm³/mol. The highest BCUT2D eigenvalue weighted by atomic mass is 32.2. The summed E-state index contributed by atoms with van der Waals surface area (Å²) in [5.74, 6) is -0.471. The first-order valence-corrected chi connectivity index (χ1v) is 8.73. The molecule has 134 valence electrons. The molecule has 1 amide bonds. The lowest BCUT2D eigenvalue weighted by Crippen LogP contribution is -2.45. The van der Waals surface area contributed by atoms with Gasteiger partial charge in [0.15, 0.2) is 0 Å². The van der Waals surface area contributed by atoms with E-state index in [1.165, 1.54) is 0 Å². The second-order valence-electron chi connectivity index (χ2n) is 5.50. The summed E-state index contributed by atoms with van der Waals surface area (Å²) >= 11 is 0. The Kier molecular flexibility index (Phi) is 5.21. The SMILES string of the molecule is CCNC(=O)[C@@H]1C[C@@H](N)CN1S(=O)(=O)c1ccc(C(F)(F)F)cc1. The molecule has 1 fully saturated rings. The fourth-order valence-corrected chi connectivity index (χ4v) is 4.24. The van der Waals surface area contributed by atoms with Crippen LogP contribution >= 0.6 is 0 Å². The summed E-state index contributed by atoms with van der Waals surface area (Å²) in [6.45, 7) is 1.96. The molecule has 10 heteroatoms. The number of nitrogens with two attached hydrogens (primary N) is 1. The van der Waals surface area contributed by atoms with E-state index < -0.39 is 39.8 Å². The van der Waals surface area contributed by atoms with Crippen molar-refractivity contribution >= 4 is 15.9 Å². The maximum Gasteiger partial charge on any atom is 0.416 e. The highest BCUT2D eigenvalue weighted by Crippen LogP contribution is 2.31. The largest absolute Gasteiger partial charge is 0.416 e. The van der Waals surface area contributed by atoms with E-state index in [0.29, 0.717) is 18.7 Å². The van der Waals surface area contributed by atoms with Crippen molar-refractivity contribution in [2.24, 2.45) is 5.73 Å². The van der Waals surface area contributed by atoms with Crippen LogP contribution in [0.4, 0.5) is 13.2 Å². The average molecular weight is 365 g/mol. The molecule has 0 bridgehead atoms. The van der Waals surface area contributed by atoms with Crippen LogP contribution in [0.25, 0.3) is 0 Å². The van der Waals surface area contributed by atoms with Crippen molar-refractivity contribution < 1.29 is 26.4 Å². The number of rotatable bonds is 4. The van der Waals surface area contributed by atoms with Gasteiger partial charge in [-0.15, -0.1) is 0 Å². The van der Waals surface area contributed by atoms with Crippen LogP contribution in [0.5, 0.6) is 0 Å². The molecule has 0 spiro atoms. The van der Waals surface area contributed by atoms with Gasteiger partial charge in [0.25, 0.3) is 0 Å². The molecule has 24 heavy (non-hydrogen) atoms. The molecule has 2 rings (SSSR count). The van der Waals surface area contributed by atoms with Crippen molar-refractivity contribution in [1.82, 2.24) is 9.62 Å². The molecule has 0 saturated carbocycles. The van der Waals surface area contributed by atoms with Gasteiger partial charge in [-0.1, -0.05) is 0 Å². The first-order valence-electron chi connectivity index (χ1n) is 7.29. The van der Waals surface area contributed by atoms with Crippen molar-refractivity contribution in [3.05, 3.63) is 29.8 Å². The maximum atomic E-state index is 12.7. The summed E-state index contributed by atoms with van der Waals surface area (Å²) < 4.78 is 64.1. The Hall–Kier alpha value is -1.65. The Morgan fingerprint density at radius 3 is 2.42 bits per heavy atom. The summed E-state index contributed by atoms with van der Waals surface area (Å²) in [7, 11) is -4.12. The normalized spacial score (nSPS) is 22.5. The minimum Gasteiger partial charge on any atom is -0.355 e. The first-order chi connectivity index (χ1) is 11.1. The van der Waals surface area contributed by atoms with Crippen molar-refractivity contribution in [3.8, 4) is 0 Å². The van der Waals surface area contributed by atoms with Gasteiger partial charge in [-0.05, 0) is 37.6 Å². The van der Waals surface area contributed by atoms with E-state index in [9.17, 15) is 26.4 Å². The summed E-state index contributed by atoms with van der Waals surface area (Å²) in [4.78, 5) is 11.7. The second kappa shape index (κ2) is 6.69. The highest BCUT2D eigenvalue weighted by molar-refractivity contribution is 7.89. The van der Waals surface area contributed by atoms with Crippen LogP contribution in [-0.2, 0) is 21.0 Å². The van der Waals surface area contributed by atoms with Crippen LogP contribution in [0.3, 0.4) is 0 Å². The van der Waals surface area contributed by atoms with Gasteiger partial charge in [0, 0.05) is 19.1 Å². The van der Waals surface area contributed by atoms with Gasteiger partial charge in [-0.25, -0.2) is 8.42 Å². The average Bonchev–Trinajstić information content (AvgIpc) is 2.90. The summed E-state index contributed by atoms with van der Waals surface area (Å²) in [5, 5.41) is 2.54. The maximum absolute atomic E-state index is 12.7. The Balaban J connectivity index is 2.33. The number of benzene rings is 1. The number of likely N-dealkylation sites (N-methyl/N-ethyl adjacent to an activating group) is 1. The zero-order chi connectivity index (χ0) is 18.1. The summed E-state index contributed by atoms with van der Waals surface area (Å²) in [6.07, 6.45) is -4.40. The van der Waals surface area contributed by atoms with Crippen molar-refractivity contribution in [1.29, 1.82) is 0 Å². The first kappa shape index (κ1) is 18.7. The zero-order valence-corrected chi connectivity index (χ0v) is 13.7. The zero-order valence-electron chi connectivity index (χ0n) is 12.9. The number of alkyl halides is 3. The fraction of sp³-hybridized carbons (Fsp3) is 0.500. The standard InChI is InChI=1S/C14H18F3N3O3S/c1-2-19-13(21)12-7-10(18)8-20(12)24(22,23)11-5-3-9(4-6-11)14(15,16)17/h3-6,10,12H,2,7-8,18H2,1H3,(H,19,21)/t10-,12+/m1/s1. The monoisotopic (exact) mass is 365 g/mol. The van der Waals surface area contributed by atoms with E-state index >= 15 is 0 Å². The molecule has 3 N–H and O–H groups in total. The minimum atomic E-state index is -4.55. The number of carbonyl (C=O) groups is 1. The second-order valence-corrected chi connectivity index (χ2v) is 7.39. The summed E-state index contributed by atoms with van der Waals surface area (Å²) in [6, 6.07) is 1.69. The summed E-state index contributed by atoms with van der Waals surface area (Å²) in [5.41, 5.74) is 4.83. The number of halogens is 3. The van der Waals surface area contributed by atoms with E-state index in [4.69, 9.17) is 5.73 Å². The molecule has 1 aliphatic heterocycles. The smallest absolute Gasteiger partial charge is 0.355 e. The number of carbonyl (C=O) groups excluding carboxylic acids is 1. The number of amides is 1. The third-order valence-electron chi connectivity index (χ3n) is 3.73. The molecule has 0 radical (unpaired) electrons. The third-order valence-corrected chi connectivity index (χ3v) is 5.62. The van der Waals surface area contributed by atoms with Gasteiger partial charge in [-0.3, -0.25) is 4.79 Å². The lowest BCUT2D eigenvalue weighted by atomic mass is 10.2. The highest BCUT2D eigenvalue weighted by Gasteiger charge is 2.42. The van der Waals surface area contributed by atoms with Crippen LogP contribution in [0.2, 0.25) is 0 Å². The molecule has 1 aliphatic rings. The predicted octanol–water partition coefficient (Wildman–Crippen LogP) is 0.932. The Bertz CT molecular complexity index is 704. The van der Waals surface area contributed by atoms with Gasteiger partial charge in [0.05, 0.1) is 10.5 Å². The lowest BCUT2D eigenvalue weighted by molar-refractivity contribution is -0.137. The quantitative estimate of drug-likeness (QED) is 0.830. The number of hydrogen-bond donors (Lipinski definition) is 2. The molecule has 1 aromatic carbocycles. The van der Waals surface area contributed by atoms with Gasteiger partial charge < -0.3 is 11.1 Å². The van der Waals surface area contributed by atoms with Crippen molar-refractivity contribution in [2.75, 3.05) is 13.1 Å². The van der Waals surface area contributed by atoms with Gasteiger partial charge in [0.1, 0.15) is 6.04 Å². The minimum absolute atomic E-state index is 0.0643.